The first-order valence-corrected chi connectivity index (χ1v) is 10.2. The molecule has 0 bridgehead atoms. The third kappa shape index (κ3) is 2.70. The van der Waals surface area contributed by atoms with Gasteiger partial charge in [0.15, 0.2) is 0 Å². The molecule has 1 saturated heterocycles. The topological polar surface area (TPSA) is 15.3 Å². The van der Waals surface area contributed by atoms with Gasteiger partial charge in [0.05, 0.1) is 0 Å². The average molecular weight is 357 g/mol. The van der Waals surface area contributed by atoms with Crippen molar-refractivity contribution in [3.05, 3.63) is 60.2 Å². The summed E-state index contributed by atoms with van der Waals surface area (Å²) in [5.41, 5.74) is 1.66. The Bertz CT molecular complexity index is 1080. The standard InChI is InChI=1S/C25H28N2/c1-25(2,3)24(27-15-13-26-14-16-27)21-12-10-19-8-7-17-5-4-6-18-9-11-20(21)23(19)22(17)18/h4-12,24,26H,13-16H2,1-3H3/t24-/m1/s1. The van der Waals surface area contributed by atoms with E-state index < -0.39 is 0 Å². The molecule has 1 aliphatic rings. The highest BCUT2D eigenvalue weighted by atomic mass is 15.2. The van der Waals surface area contributed by atoms with E-state index in [1.54, 1.807) is 0 Å². The maximum atomic E-state index is 3.51. The Hall–Kier alpha value is -2.16. The molecule has 0 spiro atoms. The Morgan fingerprint density at radius 2 is 1.37 bits per heavy atom. The van der Waals surface area contributed by atoms with Crippen molar-refractivity contribution in [3.8, 4) is 0 Å². The predicted octanol–water partition coefficient (Wildman–Crippen LogP) is 5.58. The number of rotatable bonds is 2. The highest BCUT2D eigenvalue weighted by molar-refractivity contribution is 6.23. The van der Waals surface area contributed by atoms with Crippen molar-refractivity contribution in [2.45, 2.75) is 26.8 Å². The Balaban J connectivity index is 1.81. The van der Waals surface area contributed by atoms with Gasteiger partial charge in [-0.25, -0.2) is 0 Å². The zero-order chi connectivity index (χ0) is 18.6. The lowest BCUT2D eigenvalue weighted by Gasteiger charge is -2.43. The zero-order valence-electron chi connectivity index (χ0n) is 16.5. The van der Waals surface area contributed by atoms with E-state index in [0.29, 0.717) is 6.04 Å². The van der Waals surface area contributed by atoms with Crippen LogP contribution in [0.3, 0.4) is 0 Å². The van der Waals surface area contributed by atoms with Crippen LogP contribution < -0.4 is 5.32 Å². The molecule has 0 saturated carbocycles. The molecule has 27 heavy (non-hydrogen) atoms. The molecule has 138 valence electrons. The third-order valence-electron chi connectivity index (χ3n) is 6.19. The second-order valence-corrected chi connectivity index (χ2v) is 9.07. The van der Waals surface area contributed by atoms with Crippen LogP contribution in [0.25, 0.3) is 32.3 Å². The fourth-order valence-corrected chi connectivity index (χ4v) is 5.15. The van der Waals surface area contributed by atoms with Crippen molar-refractivity contribution in [1.82, 2.24) is 10.2 Å². The molecule has 1 N–H and O–H groups in total. The summed E-state index contributed by atoms with van der Waals surface area (Å²) in [6.45, 7) is 11.6. The maximum absolute atomic E-state index is 3.51. The SMILES string of the molecule is CC(C)(C)[C@@H](c1ccc2ccc3cccc4ccc1c2c34)N1CCNCC1. The molecular formula is C25H28N2. The van der Waals surface area contributed by atoms with Gasteiger partial charge in [0.2, 0.25) is 0 Å². The van der Waals surface area contributed by atoms with E-state index in [1.165, 1.54) is 37.9 Å². The van der Waals surface area contributed by atoms with E-state index in [1.807, 2.05) is 0 Å². The average Bonchev–Trinajstić information content (AvgIpc) is 2.67. The van der Waals surface area contributed by atoms with Gasteiger partial charge in [-0.3, -0.25) is 4.90 Å². The quantitative estimate of drug-likeness (QED) is 0.472. The first kappa shape index (κ1) is 17.0. The molecule has 4 aromatic carbocycles. The normalized spacial score (nSPS) is 17.9. The fraction of sp³-hybridized carbons (Fsp3) is 0.360. The van der Waals surface area contributed by atoms with E-state index in [4.69, 9.17) is 0 Å². The van der Waals surface area contributed by atoms with Gasteiger partial charge in [-0.05, 0) is 43.3 Å². The first-order valence-electron chi connectivity index (χ1n) is 10.2. The van der Waals surface area contributed by atoms with Crippen molar-refractivity contribution >= 4 is 32.3 Å². The summed E-state index contributed by atoms with van der Waals surface area (Å²) in [5.74, 6) is 0. The fourth-order valence-electron chi connectivity index (χ4n) is 5.15. The van der Waals surface area contributed by atoms with Crippen LogP contribution in [-0.2, 0) is 0 Å². The molecule has 4 aromatic rings. The predicted molar refractivity (Wildman–Crippen MR) is 117 cm³/mol. The van der Waals surface area contributed by atoms with Crippen molar-refractivity contribution in [1.29, 1.82) is 0 Å². The van der Waals surface area contributed by atoms with Gasteiger partial charge in [-0.2, -0.15) is 0 Å². The third-order valence-corrected chi connectivity index (χ3v) is 6.19. The lowest BCUT2D eigenvalue weighted by Crippen LogP contribution is -2.48. The number of benzene rings is 4. The molecule has 0 aromatic heterocycles. The second-order valence-electron chi connectivity index (χ2n) is 9.07. The van der Waals surface area contributed by atoms with Crippen LogP contribution in [-0.4, -0.2) is 31.1 Å². The molecule has 1 heterocycles. The minimum absolute atomic E-state index is 0.181. The van der Waals surface area contributed by atoms with Crippen LogP contribution in [0.1, 0.15) is 32.4 Å². The molecule has 2 heteroatoms. The van der Waals surface area contributed by atoms with Crippen molar-refractivity contribution in [3.63, 3.8) is 0 Å². The van der Waals surface area contributed by atoms with Gasteiger partial charge >= 0.3 is 0 Å². The number of nitrogens with zero attached hydrogens (tertiary/aromatic N) is 1. The first-order chi connectivity index (χ1) is 13.0. The lowest BCUT2D eigenvalue weighted by atomic mass is 9.78. The number of piperazine rings is 1. The smallest absolute Gasteiger partial charge is 0.0403 e. The molecule has 5 rings (SSSR count). The van der Waals surface area contributed by atoms with E-state index >= 15 is 0 Å². The van der Waals surface area contributed by atoms with E-state index in [-0.39, 0.29) is 5.41 Å². The Morgan fingerprint density at radius 3 is 2.04 bits per heavy atom. The molecular weight excluding hydrogens is 328 g/mol. The Kier molecular flexibility index (Phi) is 3.89. The highest BCUT2D eigenvalue weighted by Crippen LogP contribution is 2.44. The van der Waals surface area contributed by atoms with Crippen LogP contribution in [0.2, 0.25) is 0 Å². The zero-order valence-corrected chi connectivity index (χ0v) is 16.5. The largest absolute Gasteiger partial charge is 0.314 e. The van der Waals surface area contributed by atoms with Gasteiger partial charge in [0, 0.05) is 32.2 Å². The summed E-state index contributed by atoms with van der Waals surface area (Å²) in [6.07, 6.45) is 0. The summed E-state index contributed by atoms with van der Waals surface area (Å²) in [6, 6.07) is 21.0. The molecule has 0 amide bonds. The van der Waals surface area contributed by atoms with Gasteiger partial charge in [-0.15, -0.1) is 0 Å². The molecule has 1 aliphatic heterocycles. The molecule has 0 radical (unpaired) electrons. The van der Waals surface area contributed by atoms with Gasteiger partial charge in [0.25, 0.3) is 0 Å². The van der Waals surface area contributed by atoms with E-state index in [2.05, 4.69) is 85.6 Å². The summed E-state index contributed by atoms with van der Waals surface area (Å²) in [5, 5.41) is 11.8. The molecule has 0 unspecified atom stereocenters. The monoisotopic (exact) mass is 356 g/mol. The number of nitrogens with one attached hydrogen (secondary N) is 1. The summed E-state index contributed by atoms with van der Waals surface area (Å²) in [4.78, 5) is 2.68. The van der Waals surface area contributed by atoms with Crippen LogP contribution in [0.5, 0.6) is 0 Å². The van der Waals surface area contributed by atoms with E-state index in [9.17, 15) is 0 Å². The number of hydrogen-bond acceptors (Lipinski definition) is 2. The van der Waals surface area contributed by atoms with Gasteiger partial charge in [0.1, 0.15) is 0 Å². The summed E-state index contributed by atoms with van der Waals surface area (Å²) < 4.78 is 0. The van der Waals surface area contributed by atoms with Gasteiger partial charge < -0.3 is 5.32 Å². The maximum Gasteiger partial charge on any atom is 0.0403 e. The molecule has 1 atom stereocenters. The summed E-state index contributed by atoms with van der Waals surface area (Å²) >= 11 is 0. The van der Waals surface area contributed by atoms with Crippen LogP contribution in [0.4, 0.5) is 0 Å². The number of hydrogen-bond donors (Lipinski definition) is 1. The van der Waals surface area contributed by atoms with Crippen molar-refractivity contribution in [2.75, 3.05) is 26.2 Å². The molecule has 0 aliphatic carbocycles. The van der Waals surface area contributed by atoms with Gasteiger partial charge in [-0.1, -0.05) is 75.4 Å². The van der Waals surface area contributed by atoms with Crippen molar-refractivity contribution in [2.24, 2.45) is 5.41 Å². The lowest BCUT2D eigenvalue weighted by molar-refractivity contribution is 0.0873. The minimum atomic E-state index is 0.181. The molecule has 2 nitrogen and oxygen atoms in total. The van der Waals surface area contributed by atoms with Crippen molar-refractivity contribution < 1.29 is 0 Å². The summed E-state index contributed by atoms with van der Waals surface area (Å²) in [7, 11) is 0. The minimum Gasteiger partial charge on any atom is -0.314 e. The molecule has 1 fully saturated rings. The van der Waals surface area contributed by atoms with Crippen LogP contribution in [0, 0.1) is 5.41 Å². The Morgan fingerprint density at radius 1 is 0.778 bits per heavy atom. The Labute approximate surface area is 161 Å². The highest BCUT2D eigenvalue weighted by Gasteiger charge is 2.33. The second kappa shape index (κ2) is 6.19. The van der Waals surface area contributed by atoms with Crippen LogP contribution in [0.15, 0.2) is 54.6 Å². The van der Waals surface area contributed by atoms with E-state index in [0.717, 1.165) is 26.2 Å². The van der Waals surface area contributed by atoms with Crippen LogP contribution >= 0.6 is 0 Å².